The van der Waals surface area contributed by atoms with Gasteiger partial charge in [0.15, 0.2) is 6.61 Å². The van der Waals surface area contributed by atoms with Gasteiger partial charge in [0.2, 0.25) is 0 Å². The molecule has 8 nitrogen and oxygen atoms in total. The number of nitrogens with zero attached hydrogens (tertiary/aromatic N) is 2. The van der Waals surface area contributed by atoms with Crippen molar-refractivity contribution in [1.29, 1.82) is 0 Å². The van der Waals surface area contributed by atoms with Gasteiger partial charge in [-0.3, -0.25) is 14.3 Å². The molecule has 0 aliphatic carbocycles. The van der Waals surface area contributed by atoms with E-state index in [2.05, 4.69) is 11.9 Å². The molecule has 3 aromatic rings. The second-order valence-electron chi connectivity index (χ2n) is 7.09. The number of rotatable bonds is 9. The van der Waals surface area contributed by atoms with E-state index in [1.165, 1.54) is 10.8 Å². The molecule has 33 heavy (non-hydrogen) atoms. The minimum atomic E-state index is -0.677. The number of ether oxygens (including phenoxy) is 2. The van der Waals surface area contributed by atoms with Crippen molar-refractivity contribution in [2.45, 2.75) is 6.92 Å². The number of esters is 1. The van der Waals surface area contributed by atoms with E-state index in [0.717, 1.165) is 5.56 Å². The third kappa shape index (κ3) is 5.88. The van der Waals surface area contributed by atoms with Crippen LogP contribution in [-0.4, -0.2) is 34.5 Å². The topological polar surface area (TPSA) is 91.6 Å². The van der Waals surface area contributed by atoms with Crippen molar-refractivity contribution >= 4 is 23.6 Å². The molecule has 1 heterocycles. The number of amides is 1. The highest BCUT2D eigenvalue weighted by Crippen LogP contribution is 2.14. The monoisotopic (exact) mass is 447 g/mol. The maximum atomic E-state index is 12.8. The smallest absolute Gasteiger partial charge is 0.331 e. The first kappa shape index (κ1) is 23.3. The van der Waals surface area contributed by atoms with Crippen LogP contribution in [0.4, 0.5) is 5.69 Å². The molecule has 0 spiro atoms. The van der Waals surface area contributed by atoms with Gasteiger partial charge in [0.25, 0.3) is 11.5 Å². The maximum Gasteiger partial charge on any atom is 0.331 e. The Morgan fingerprint density at radius 1 is 1.09 bits per heavy atom. The minimum Gasteiger partial charge on any atom is -0.490 e. The Hall–Kier alpha value is -4.33. The van der Waals surface area contributed by atoms with Gasteiger partial charge in [0.1, 0.15) is 18.0 Å². The van der Waals surface area contributed by atoms with Crippen LogP contribution in [0, 0.1) is 6.92 Å². The second kappa shape index (κ2) is 10.8. The fourth-order valence-corrected chi connectivity index (χ4v) is 3.07. The molecule has 0 aliphatic heterocycles. The van der Waals surface area contributed by atoms with Crippen molar-refractivity contribution < 1.29 is 19.1 Å². The zero-order valence-corrected chi connectivity index (χ0v) is 18.5. The summed E-state index contributed by atoms with van der Waals surface area (Å²) in [6, 6.07) is 16.2. The van der Waals surface area contributed by atoms with Gasteiger partial charge in [0.05, 0.1) is 11.4 Å². The summed E-state index contributed by atoms with van der Waals surface area (Å²) in [4.78, 5) is 37.1. The number of benzene rings is 2. The number of hydrogen-bond donors (Lipinski definition) is 1. The highest BCUT2D eigenvalue weighted by Gasteiger charge is 2.18. The Morgan fingerprint density at radius 2 is 1.79 bits per heavy atom. The van der Waals surface area contributed by atoms with Gasteiger partial charge >= 0.3 is 5.97 Å². The largest absolute Gasteiger partial charge is 0.490 e. The molecule has 0 saturated carbocycles. The summed E-state index contributed by atoms with van der Waals surface area (Å²) in [5.41, 5.74) is 1.77. The predicted octanol–water partition coefficient (Wildman–Crippen LogP) is 3.24. The van der Waals surface area contributed by atoms with Crippen molar-refractivity contribution in [2.75, 3.05) is 18.5 Å². The van der Waals surface area contributed by atoms with E-state index in [-0.39, 0.29) is 11.2 Å². The minimum absolute atomic E-state index is 0.136. The molecular weight excluding hydrogens is 422 g/mol. The van der Waals surface area contributed by atoms with E-state index in [1.807, 2.05) is 18.2 Å². The number of anilines is 1. The molecule has 1 aromatic heterocycles. The lowest BCUT2D eigenvalue weighted by molar-refractivity contribution is -0.142. The highest BCUT2D eigenvalue weighted by molar-refractivity contribution is 5.95. The number of carbonyl (C=O) groups is 2. The van der Waals surface area contributed by atoms with Crippen LogP contribution in [0.15, 0.2) is 78.1 Å². The van der Waals surface area contributed by atoms with Crippen LogP contribution in [0.1, 0.15) is 11.3 Å². The van der Waals surface area contributed by atoms with Gasteiger partial charge in [-0.25, -0.2) is 9.48 Å². The lowest BCUT2D eigenvalue weighted by atomic mass is 10.2. The molecule has 0 radical (unpaired) electrons. The van der Waals surface area contributed by atoms with E-state index in [0.29, 0.717) is 23.7 Å². The van der Waals surface area contributed by atoms with Crippen LogP contribution < -0.4 is 15.6 Å². The van der Waals surface area contributed by atoms with E-state index < -0.39 is 18.5 Å². The Kier molecular flexibility index (Phi) is 7.64. The van der Waals surface area contributed by atoms with Crippen molar-refractivity contribution in [3.8, 4) is 11.4 Å². The molecule has 0 bridgehead atoms. The van der Waals surface area contributed by atoms with Gasteiger partial charge in [-0.2, -0.15) is 0 Å². The van der Waals surface area contributed by atoms with Gasteiger partial charge in [-0.1, -0.05) is 43.0 Å². The zero-order chi connectivity index (χ0) is 23.8. The Morgan fingerprint density at radius 3 is 2.45 bits per heavy atom. The summed E-state index contributed by atoms with van der Waals surface area (Å²) < 4.78 is 13.5. The predicted molar refractivity (Wildman–Crippen MR) is 127 cm³/mol. The summed E-state index contributed by atoms with van der Waals surface area (Å²) in [5.74, 6) is -0.594. The molecular formula is C25H25N3O5. The van der Waals surface area contributed by atoms with Crippen LogP contribution in [0.3, 0.4) is 0 Å². The molecule has 0 saturated heterocycles. The van der Waals surface area contributed by atoms with Crippen LogP contribution >= 0.6 is 0 Å². The van der Waals surface area contributed by atoms with Crippen molar-refractivity contribution in [1.82, 2.24) is 9.36 Å². The lowest BCUT2D eigenvalue weighted by Gasteiger charge is -2.07. The third-order valence-electron chi connectivity index (χ3n) is 4.82. The Balaban J connectivity index is 1.57. The Bertz CT molecular complexity index is 1220. The molecule has 170 valence electrons. The van der Waals surface area contributed by atoms with Crippen LogP contribution in [0.5, 0.6) is 5.75 Å². The first-order valence-electron chi connectivity index (χ1n) is 10.2. The molecule has 0 unspecified atom stereocenters. The maximum absolute atomic E-state index is 12.8. The molecule has 1 amide bonds. The molecule has 0 aliphatic rings. The highest BCUT2D eigenvalue weighted by atomic mass is 16.5. The van der Waals surface area contributed by atoms with Crippen molar-refractivity contribution in [2.24, 2.45) is 7.05 Å². The average Bonchev–Trinajstić information content (AvgIpc) is 3.04. The second-order valence-corrected chi connectivity index (χ2v) is 7.09. The van der Waals surface area contributed by atoms with Crippen molar-refractivity contribution in [3.05, 3.63) is 94.9 Å². The van der Waals surface area contributed by atoms with Crippen LogP contribution in [0.25, 0.3) is 11.8 Å². The van der Waals surface area contributed by atoms with Crippen molar-refractivity contribution in [3.63, 3.8) is 0 Å². The quantitative estimate of drug-likeness (QED) is 0.309. The summed E-state index contributed by atoms with van der Waals surface area (Å²) in [5, 5.41) is 2.55. The van der Waals surface area contributed by atoms with Crippen LogP contribution in [-0.2, 0) is 21.4 Å². The van der Waals surface area contributed by atoms with Gasteiger partial charge < -0.3 is 14.8 Å². The first-order valence-corrected chi connectivity index (χ1v) is 10.2. The number of para-hydroxylation sites is 1. The van der Waals surface area contributed by atoms with Gasteiger partial charge in [0, 0.05) is 13.1 Å². The normalized spacial score (nSPS) is 10.7. The molecule has 1 N–H and O–H groups in total. The average molecular weight is 447 g/mol. The summed E-state index contributed by atoms with van der Waals surface area (Å²) in [6.07, 6.45) is 4.44. The van der Waals surface area contributed by atoms with E-state index in [4.69, 9.17) is 9.47 Å². The molecule has 2 aromatic carbocycles. The summed E-state index contributed by atoms with van der Waals surface area (Å²) in [7, 11) is 1.72. The summed E-state index contributed by atoms with van der Waals surface area (Å²) >= 11 is 0. The van der Waals surface area contributed by atoms with E-state index in [9.17, 15) is 14.4 Å². The number of nitrogens with one attached hydrogen (secondary N) is 1. The standard InChI is InChI=1S/C25H25N3O5/c1-4-16-32-21-13-10-19(11-14-21)12-15-23(30)33-17-22(29)26-24-18(2)27(3)28(25(24)31)20-8-6-5-7-9-20/h4-15H,1,16-17H2,2-3H3,(H,26,29)/b15-12+. The fraction of sp³-hybridized carbons (Fsp3) is 0.160. The fourth-order valence-electron chi connectivity index (χ4n) is 3.07. The number of aromatic nitrogens is 2. The zero-order valence-electron chi connectivity index (χ0n) is 18.5. The van der Waals surface area contributed by atoms with Gasteiger partial charge in [-0.05, 0) is 42.8 Å². The lowest BCUT2D eigenvalue weighted by Crippen LogP contribution is -2.25. The summed E-state index contributed by atoms with van der Waals surface area (Å²) in [6.45, 7) is 5.20. The first-order chi connectivity index (χ1) is 15.9. The molecule has 0 fully saturated rings. The van der Waals surface area contributed by atoms with Crippen LogP contribution in [0.2, 0.25) is 0 Å². The third-order valence-corrected chi connectivity index (χ3v) is 4.82. The SMILES string of the molecule is C=CCOc1ccc(/C=C/C(=O)OCC(=O)Nc2c(C)n(C)n(-c3ccccc3)c2=O)cc1. The number of carbonyl (C=O) groups excluding carboxylic acids is 2. The molecule has 3 rings (SSSR count). The molecule has 8 heteroatoms. The van der Waals surface area contributed by atoms with E-state index >= 15 is 0 Å². The Labute approximate surface area is 191 Å². The van der Waals surface area contributed by atoms with Gasteiger partial charge in [-0.15, -0.1) is 0 Å². The number of hydrogen-bond acceptors (Lipinski definition) is 5. The molecule has 0 atom stereocenters. The van der Waals surface area contributed by atoms with E-state index in [1.54, 1.807) is 67.2 Å².